The quantitative estimate of drug-likeness (QED) is 0.242. The van der Waals surface area contributed by atoms with E-state index in [1.54, 1.807) is 0 Å². The number of carboxylic acid groups (broad SMARTS) is 1. The van der Waals surface area contributed by atoms with Gasteiger partial charge in [0.25, 0.3) is 0 Å². The smallest absolute Gasteiger partial charge is 0.394 e. The van der Waals surface area contributed by atoms with Gasteiger partial charge in [0, 0.05) is 17.1 Å². The van der Waals surface area contributed by atoms with E-state index in [0.29, 0.717) is 13.0 Å². The van der Waals surface area contributed by atoms with Crippen molar-refractivity contribution in [3.63, 3.8) is 0 Å². The maximum atomic E-state index is 10.1. The molecule has 0 aliphatic rings. The summed E-state index contributed by atoms with van der Waals surface area (Å²) in [6.07, 6.45) is 2.16. The van der Waals surface area contributed by atoms with Gasteiger partial charge in [-0.1, -0.05) is 6.42 Å². The van der Waals surface area contributed by atoms with Crippen molar-refractivity contribution in [1.82, 2.24) is 0 Å². The third kappa shape index (κ3) is 29.2. The molecule has 0 fully saturated rings. The molecule has 0 aromatic heterocycles. The molecule has 0 radical (unpaired) electrons. The summed E-state index contributed by atoms with van der Waals surface area (Å²) >= 11 is 0. The summed E-state index contributed by atoms with van der Waals surface area (Å²) in [6, 6.07) is -0.716. The molecule has 0 aliphatic heterocycles. The second-order valence-corrected chi connectivity index (χ2v) is 3.57. The van der Waals surface area contributed by atoms with Crippen LogP contribution in [0.15, 0.2) is 0 Å². The summed E-state index contributed by atoms with van der Waals surface area (Å²) in [6.45, 7) is 0.604. The van der Waals surface area contributed by atoms with Crippen LogP contribution in [0, 0.1) is 0 Å². The largest absolute Gasteiger partial charge is 0.480 e. The molecule has 0 aliphatic carbocycles. The summed E-state index contributed by atoms with van der Waals surface area (Å²) < 4.78 is 31.6. The summed E-state index contributed by atoms with van der Waals surface area (Å²) in [5.41, 5.74) is 10.4. The Balaban J connectivity index is -0.000000242. The van der Waals surface area contributed by atoms with Crippen molar-refractivity contribution in [3.8, 4) is 0 Å². The predicted molar refractivity (Wildman–Crippen MR) is 52.7 cm³/mol. The molecule has 0 aromatic carbocycles. The van der Waals surface area contributed by atoms with Gasteiger partial charge < -0.3 is 16.6 Å². The number of carbonyl (C=O) groups is 1. The number of hydrogen-bond acceptors (Lipinski definition) is 5. The van der Waals surface area contributed by atoms with E-state index in [0.717, 1.165) is 12.8 Å². The Hall–Kier alpha value is -0.221. The molecule has 0 saturated heterocycles. The van der Waals surface area contributed by atoms with E-state index in [1.807, 2.05) is 0 Å². The van der Waals surface area contributed by atoms with Crippen molar-refractivity contribution in [3.05, 3.63) is 0 Å². The van der Waals surface area contributed by atoms with Gasteiger partial charge in [-0.2, -0.15) is 8.42 Å². The third-order valence-electron chi connectivity index (χ3n) is 1.29. The van der Waals surface area contributed by atoms with Crippen LogP contribution in [0.2, 0.25) is 0 Å². The average molecular weight is 300 g/mol. The number of nitrogens with two attached hydrogens (primary N) is 2. The molecule has 0 spiro atoms. The molecule has 0 bridgehead atoms. The van der Waals surface area contributed by atoms with E-state index < -0.39 is 22.4 Å². The molecule has 8 nitrogen and oxygen atoms in total. The first kappa shape index (κ1) is 21.1. The van der Waals surface area contributed by atoms with Crippen LogP contribution in [0.4, 0.5) is 0 Å². The first-order chi connectivity index (χ1) is 6.68. The fourth-order valence-electron chi connectivity index (χ4n) is 0.632. The van der Waals surface area contributed by atoms with E-state index >= 15 is 0 Å². The Morgan fingerprint density at radius 2 is 1.62 bits per heavy atom. The average Bonchev–Trinajstić information content (AvgIpc) is 2.01. The molecule has 16 heavy (non-hydrogen) atoms. The topological polar surface area (TPSA) is 164 Å². The van der Waals surface area contributed by atoms with Gasteiger partial charge in [0.15, 0.2) is 0 Å². The maximum Gasteiger partial charge on any atom is 0.394 e. The number of carboxylic acids is 1. The second kappa shape index (κ2) is 11.3. The van der Waals surface area contributed by atoms with Crippen molar-refractivity contribution in [2.75, 3.05) is 6.54 Å². The van der Waals surface area contributed by atoms with Gasteiger partial charge in [0.2, 0.25) is 0 Å². The Kier molecular flexibility index (Phi) is 14.9. The van der Waals surface area contributed by atoms with Crippen molar-refractivity contribution < 1.29 is 44.5 Å². The molecule has 0 aromatic rings. The molecule has 0 rings (SSSR count). The van der Waals surface area contributed by atoms with Gasteiger partial charge in [0.05, 0.1) is 0 Å². The predicted octanol–water partition coefficient (Wildman–Crippen LogP) is -1.13. The van der Waals surface area contributed by atoms with E-state index in [-0.39, 0.29) is 17.1 Å². The van der Waals surface area contributed by atoms with Crippen LogP contribution in [-0.2, 0) is 32.3 Å². The molecule has 1 atom stereocenters. The van der Waals surface area contributed by atoms with Gasteiger partial charge in [-0.3, -0.25) is 13.9 Å². The molecular weight excluding hydrogens is 284 g/mol. The first-order valence-electron chi connectivity index (χ1n) is 4.06. The SMILES string of the molecule is NCCCC[C@H](N)C(=O)O.O=S(=O)(O)O.[Fe]. The molecule has 0 unspecified atom stereocenters. The van der Waals surface area contributed by atoms with Gasteiger partial charge in [-0.25, -0.2) is 0 Å². The third-order valence-corrected chi connectivity index (χ3v) is 1.29. The normalized spacial score (nSPS) is 11.8. The number of unbranched alkanes of at least 4 members (excludes halogenated alkanes) is 1. The monoisotopic (exact) mass is 300 g/mol. The van der Waals surface area contributed by atoms with Crippen LogP contribution in [0.25, 0.3) is 0 Å². The first-order valence-corrected chi connectivity index (χ1v) is 5.46. The zero-order valence-electron chi connectivity index (χ0n) is 8.39. The van der Waals surface area contributed by atoms with Crippen LogP contribution in [-0.4, -0.2) is 41.2 Å². The summed E-state index contributed by atoms with van der Waals surface area (Å²) in [5.74, 6) is -0.933. The van der Waals surface area contributed by atoms with Crippen molar-refractivity contribution in [2.45, 2.75) is 25.3 Å². The minimum Gasteiger partial charge on any atom is -0.480 e. The fraction of sp³-hybridized carbons (Fsp3) is 0.833. The Bertz CT molecular complexity index is 262. The molecule has 0 saturated carbocycles. The van der Waals surface area contributed by atoms with Crippen LogP contribution in [0.1, 0.15) is 19.3 Å². The molecule has 7 N–H and O–H groups in total. The molecule has 100 valence electrons. The van der Waals surface area contributed by atoms with Crippen LogP contribution >= 0.6 is 0 Å². The Morgan fingerprint density at radius 3 is 1.88 bits per heavy atom. The number of hydrogen-bond donors (Lipinski definition) is 5. The van der Waals surface area contributed by atoms with Crippen molar-refractivity contribution in [1.29, 1.82) is 0 Å². The molecule has 0 heterocycles. The Morgan fingerprint density at radius 1 is 1.25 bits per heavy atom. The van der Waals surface area contributed by atoms with E-state index in [9.17, 15) is 4.79 Å². The van der Waals surface area contributed by atoms with Crippen molar-refractivity contribution >= 4 is 16.4 Å². The van der Waals surface area contributed by atoms with Crippen molar-refractivity contribution in [2.24, 2.45) is 11.5 Å². The van der Waals surface area contributed by atoms with Gasteiger partial charge in [-0.05, 0) is 19.4 Å². The standard InChI is InChI=1S/C6H14N2O2.Fe.H2O4S/c7-4-2-1-3-5(8)6(9)10;;1-5(2,3)4/h5H,1-4,7-8H2,(H,9,10);;(H2,1,2,3,4)/t5-;;/m0../s1. The minimum atomic E-state index is -4.67. The van der Waals surface area contributed by atoms with Crippen LogP contribution in [0.5, 0.6) is 0 Å². The van der Waals surface area contributed by atoms with Crippen LogP contribution in [0.3, 0.4) is 0 Å². The Labute approximate surface area is 104 Å². The van der Waals surface area contributed by atoms with E-state index in [4.69, 9.17) is 34.1 Å². The minimum absolute atomic E-state index is 0. The summed E-state index contributed by atoms with van der Waals surface area (Å²) in [7, 11) is -4.67. The summed E-state index contributed by atoms with van der Waals surface area (Å²) in [4.78, 5) is 10.1. The van der Waals surface area contributed by atoms with E-state index in [1.165, 1.54) is 0 Å². The molecular formula is C6H16FeN2O6S. The van der Waals surface area contributed by atoms with Gasteiger partial charge in [0.1, 0.15) is 6.04 Å². The fourth-order valence-corrected chi connectivity index (χ4v) is 0.632. The summed E-state index contributed by atoms with van der Waals surface area (Å²) in [5, 5.41) is 8.33. The molecule has 10 heteroatoms. The maximum absolute atomic E-state index is 10.1. The van der Waals surface area contributed by atoms with Gasteiger partial charge in [-0.15, -0.1) is 0 Å². The zero-order chi connectivity index (χ0) is 12.5. The molecule has 0 amide bonds. The zero-order valence-corrected chi connectivity index (χ0v) is 10.3. The van der Waals surface area contributed by atoms with E-state index in [2.05, 4.69) is 0 Å². The van der Waals surface area contributed by atoms with Crippen LogP contribution < -0.4 is 11.5 Å². The number of aliphatic carboxylic acids is 1. The number of rotatable bonds is 5. The second-order valence-electron chi connectivity index (χ2n) is 2.68. The van der Waals surface area contributed by atoms with Gasteiger partial charge >= 0.3 is 16.4 Å².